The molecule has 0 bridgehead atoms. The van der Waals surface area contributed by atoms with E-state index in [1.54, 1.807) is 0 Å². The van der Waals surface area contributed by atoms with Crippen LogP contribution in [-0.4, -0.2) is 38.8 Å². The molecule has 1 saturated carbocycles. The summed E-state index contributed by atoms with van der Waals surface area (Å²) in [6.07, 6.45) is 5.38. The van der Waals surface area contributed by atoms with Crippen LogP contribution < -0.4 is 10.6 Å². The lowest BCUT2D eigenvalue weighted by Gasteiger charge is -2.21. The highest BCUT2D eigenvalue weighted by Crippen LogP contribution is 2.26. The summed E-state index contributed by atoms with van der Waals surface area (Å²) in [5.41, 5.74) is 0. The van der Waals surface area contributed by atoms with Gasteiger partial charge in [-0.25, -0.2) is 0 Å². The molecule has 0 aromatic carbocycles. The number of ether oxygens (including phenoxy) is 1. The van der Waals surface area contributed by atoms with Gasteiger partial charge in [0.2, 0.25) is 0 Å². The summed E-state index contributed by atoms with van der Waals surface area (Å²) < 4.78 is 5.46. The molecule has 2 atom stereocenters. The van der Waals surface area contributed by atoms with Crippen molar-refractivity contribution in [3.8, 4) is 0 Å². The molecular weight excluding hydrogens is 190 g/mol. The van der Waals surface area contributed by atoms with Crippen LogP contribution in [0.15, 0.2) is 4.99 Å². The number of methoxy groups -OCH3 is 1. The lowest BCUT2D eigenvalue weighted by molar-refractivity contribution is 0.0725. The van der Waals surface area contributed by atoms with Gasteiger partial charge in [-0.2, -0.15) is 0 Å². The third-order valence-electron chi connectivity index (χ3n) is 3.32. The van der Waals surface area contributed by atoms with E-state index in [1.165, 1.54) is 19.3 Å². The summed E-state index contributed by atoms with van der Waals surface area (Å²) >= 11 is 0. The van der Waals surface area contributed by atoms with Gasteiger partial charge in [0, 0.05) is 32.7 Å². The molecule has 15 heavy (non-hydrogen) atoms. The van der Waals surface area contributed by atoms with Crippen molar-refractivity contribution in [2.45, 2.75) is 31.8 Å². The summed E-state index contributed by atoms with van der Waals surface area (Å²) in [7, 11) is 1.82. The third kappa shape index (κ3) is 2.84. The zero-order valence-electron chi connectivity index (χ0n) is 9.46. The van der Waals surface area contributed by atoms with E-state index in [1.807, 2.05) is 7.11 Å². The highest BCUT2D eigenvalue weighted by Gasteiger charge is 2.26. The summed E-state index contributed by atoms with van der Waals surface area (Å²) in [5.74, 6) is 1.63. The van der Waals surface area contributed by atoms with Gasteiger partial charge in [-0.1, -0.05) is 6.42 Å². The van der Waals surface area contributed by atoms with Gasteiger partial charge in [0.1, 0.15) is 0 Å². The molecule has 2 aliphatic rings. The molecule has 0 amide bonds. The fourth-order valence-corrected chi connectivity index (χ4v) is 2.43. The molecule has 86 valence electrons. The molecule has 0 spiro atoms. The number of aliphatic imine (C=N–C) groups is 1. The van der Waals surface area contributed by atoms with E-state index in [0.717, 1.165) is 32.0 Å². The SMILES string of the molecule is COC1CCCC1CNC1=NCCCN1. The van der Waals surface area contributed by atoms with Crippen molar-refractivity contribution in [3.05, 3.63) is 0 Å². The van der Waals surface area contributed by atoms with Gasteiger partial charge in [0.15, 0.2) is 5.96 Å². The average Bonchev–Trinajstić information content (AvgIpc) is 2.75. The second kappa shape index (κ2) is 5.35. The van der Waals surface area contributed by atoms with Gasteiger partial charge in [0.05, 0.1) is 6.10 Å². The first-order valence-corrected chi connectivity index (χ1v) is 5.95. The molecule has 0 radical (unpaired) electrons. The van der Waals surface area contributed by atoms with E-state index in [9.17, 15) is 0 Å². The number of guanidine groups is 1. The Balaban J connectivity index is 1.74. The van der Waals surface area contributed by atoms with Crippen molar-refractivity contribution in [3.63, 3.8) is 0 Å². The number of hydrogen-bond acceptors (Lipinski definition) is 4. The Hall–Kier alpha value is -0.770. The molecular formula is C11H21N3O. The Bertz CT molecular complexity index is 230. The minimum atomic E-state index is 0.446. The van der Waals surface area contributed by atoms with Crippen molar-refractivity contribution in [1.29, 1.82) is 0 Å². The van der Waals surface area contributed by atoms with Crippen LogP contribution >= 0.6 is 0 Å². The molecule has 1 fully saturated rings. The molecule has 0 aromatic heterocycles. The van der Waals surface area contributed by atoms with Gasteiger partial charge in [-0.15, -0.1) is 0 Å². The van der Waals surface area contributed by atoms with Gasteiger partial charge in [0.25, 0.3) is 0 Å². The van der Waals surface area contributed by atoms with Gasteiger partial charge in [-0.05, 0) is 19.3 Å². The lowest BCUT2D eigenvalue weighted by atomic mass is 10.1. The van der Waals surface area contributed by atoms with E-state index < -0.39 is 0 Å². The maximum Gasteiger partial charge on any atom is 0.191 e. The van der Waals surface area contributed by atoms with Crippen LogP contribution in [0.3, 0.4) is 0 Å². The first-order valence-electron chi connectivity index (χ1n) is 5.95. The molecule has 0 saturated heterocycles. The summed E-state index contributed by atoms with van der Waals surface area (Å²) in [5, 5.41) is 6.66. The molecule has 1 aliphatic heterocycles. The smallest absolute Gasteiger partial charge is 0.191 e. The van der Waals surface area contributed by atoms with Crippen molar-refractivity contribution in [2.75, 3.05) is 26.7 Å². The fraction of sp³-hybridized carbons (Fsp3) is 0.909. The predicted molar refractivity (Wildman–Crippen MR) is 61.1 cm³/mol. The highest BCUT2D eigenvalue weighted by molar-refractivity contribution is 5.80. The quantitative estimate of drug-likeness (QED) is 0.724. The van der Waals surface area contributed by atoms with Crippen LogP contribution in [0, 0.1) is 5.92 Å². The molecule has 4 heteroatoms. The molecule has 2 N–H and O–H groups in total. The minimum absolute atomic E-state index is 0.446. The Morgan fingerprint density at radius 1 is 1.47 bits per heavy atom. The second-order valence-electron chi connectivity index (χ2n) is 4.36. The maximum atomic E-state index is 5.46. The second-order valence-corrected chi connectivity index (χ2v) is 4.36. The predicted octanol–water partition coefficient (Wildman–Crippen LogP) is 0.740. The number of nitrogens with zero attached hydrogens (tertiary/aromatic N) is 1. The van der Waals surface area contributed by atoms with E-state index in [4.69, 9.17) is 4.74 Å². The van der Waals surface area contributed by atoms with Crippen LogP contribution in [0.5, 0.6) is 0 Å². The highest BCUT2D eigenvalue weighted by atomic mass is 16.5. The Kier molecular flexibility index (Phi) is 3.83. The molecule has 2 rings (SSSR count). The zero-order chi connectivity index (χ0) is 10.5. The molecule has 1 aliphatic carbocycles. The molecule has 4 nitrogen and oxygen atoms in total. The van der Waals surface area contributed by atoms with E-state index >= 15 is 0 Å². The standard InChI is InChI=1S/C11H21N3O/c1-15-10-5-2-4-9(10)8-14-11-12-6-3-7-13-11/h9-10H,2-8H2,1H3,(H2,12,13,14). The van der Waals surface area contributed by atoms with Gasteiger partial charge in [-0.3, -0.25) is 4.99 Å². The number of rotatable bonds is 3. The zero-order valence-corrected chi connectivity index (χ0v) is 9.46. The summed E-state index contributed by atoms with van der Waals surface area (Å²) in [4.78, 5) is 4.39. The van der Waals surface area contributed by atoms with Crippen LogP contribution in [0.2, 0.25) is 0 Å². The van der Waals surface area contributed by atoms with Crippen molar-refractivity contribution in [1.82, 2.24) is 10.6 Å². The van der Waals surface area contributed by atoms with Crippen LogP contribution in [0.25, 0.3) is 0 Å². The number of nitrogens with one attached hydrogen (secondary N) is 2. The van der Waals surface area contributed by atoms with Gasteiger partial charge >= 0.3 is 0 Å². The largest absolute Gasteiger partial charge is 0.381 e. The first-order chi connectivity index (χ1) is 7.40. The van der Waals surface area contributed by atoms with Crippen molar-refractivity contribution >= 4 is 5.96 Å². The lowest BCUT2D eigenvalue weighted by Crippen LogP contribution is -2.43. The molecule has 2 unspecified atom stereocenters. The molecule has 1 heterocycles. The van der Waals surface area contributed by atoms with Crippen LogP contribution in [0.4, 0.5) is 0 Å². The number of hydrogen-bond donors (Lipinski definition) is 2. The van der Waals surface area contributed by atoms with Crippen LogP contribution in [0.1, 0.15) is 25.7 Å². The van der Waals surface area contributed by atoms with E-state index in [2.05, 4.69) is 15.6 Å². The topological polar surface area (TPSA) is 45.6 Å². The van der Waals surface area contributed by atoms with E-state index in [-0.39, 0.29) is 0 Å². The monoisotopic (exact) mass is 211 g/mol. The van der Waals surface area contributed by atoms with Gasteiger partial charge < -0.3 is 15.4 Å². The fourth-order valence-electron chi connectivity index (χ4n) is 2.43. The van der Waals surface area contributed by atoms with Crippen molar-refractivity contribution in [2.24, 2.45) is 10.9 Å². The summed E-state index contributed by atoms with van der Waals surface area (Å²) in [6, 6.07) is 0. The Morgan fingerprint density at radius 2 is 2.40 bits per heavy atom. The normalized spacial score (nSPS) is 30.9. The Morgan fingerprint density at radius 3 is 3.13 bits per heavy atom. The Labute approximate surface area is 91.5 Å². The summed E-state index contributed by atoms with van der Waals surface area (Å²) in [6.45, 7) is 2.99. The molecule has 0 aromatic rings. The van der Waals surface area contributed by atoms with Crippen LogP contribution in [-0.2, 0) is 4.74 Å². The van der Waals surface area contributed by atoms with Crippen molar-refractivity contribution < 1.29 is 4.74 Å². The minimum Gasteiger partial charge on any atom is -0.381 e. The first kappa shape index (κ1) is 10.7. The maximum absolute atomic E-state index is 5.46. The van der Waals surface area contributed by atoms with E-state index in [0.29, 0.717) is 12.0 Å². The third-order valence-corrected chi connectivity index (χ3v) is 3.32. The average molecular weight is 211 g/mol.